The summed E-state index contributed by atoms with van der Waals surface area (Å²) in [5.74, 6) is -0.0429. The molecule has 0 N–H and O–H groups in total. The predicted octanol–water partition coefficient (Wildman–Crippen LogP) is 2.11. The number of hydrogen-bond donors (Lipinski definition) is 0. The zero-order valence-electron chi connectivity index (χ0n) is 11.2. The zero-order valence-corrected chi connectivity index (χ0v) is 12.0. The predicted molar refractivity (Wildman–Crippen MR) is 77.5 cm³/mol. The largest absolute Gasteiger partial charge is 0.367 e. The molecule has 1 aromatic heterocycles. The van der Waals surface area contributed by atoms with Crippen LogP contribution < -0.4 is 0 Å². The minimum absolute atomic E-state index is 0.0547. The second-order valence-electron chi connectivity index (χ2n) is 5.23. The van der Waals surface area contributed by atoms with Gasteiger partial charge in [0.25, 0.3) is 0 Å². The van der Waals surface area contributed by atoms with Crippen molar-refractivity contribution in [2.24, 2.45) is 0 Å². The molecule has 106 valence electrons. The Kier molecular flexibility index (Phi) is 3.72. The number of amides is 1. The Balaban J connectivity index is 1.62. The van der Waals surface area contributed by atoms with Gasteiger partial charge in [-0.25, -0.2) is 0 Å². The highest BCUT2D eigenvalue weighted by Gasteiger charge is 2.46. The van der Waals surface area contributed by atoms with Crippen molar-refractivity contribution in [3.05, 3.63) is 28.5 Å². The van der Waals surface area contributed by atoms with Gasteiger partial charge in [-0.3, -0.25) is 9.59 Å². The van der Waals surface area contributed by atoms with Crippen LogP contribution in [0.2, 0.25) is 0 Å². The van der Waals surface area contributed by atoms with Gasteiger partial charge >= 0.3 is 0 Å². The second kappa shape index (κ2) is 5.50. The molecule has 0 radical (unpaired) electrons. The number of hydrogen-bond acceptors (Lipinski definition) is 4. The van der Waals surface area contributed by atoms with E-state index in [2.05, 4.69) is 0 Å². The number of likely N-dealkylation sites (tertiary alicyclic amines) is 1. The summed E-state index contributed by atoms with van der Waals surface area (Å²) >= 11 is 1.58. The summed E-state index contributed by atoms with van der Waals surface area (Å²) in [7, 11) is 0. The van der Waals surface area contributed by atoms with Gasteiger partial charge in [-0.05, 0) is 30.4 Å². The fourth-order valence-electron chi connectivity index (χ4n) is 2.80. The average molecular weight is 291 g/mol. The molecule has 4 nitrogen and oxygen atoms in total. The van der Waals surface area contributed by atoms with E-state index in [1.165, 1.54) is 0 Å². The van der Waals surface area contributed by atoms with Crippen molar-refractivity contribution in [3.63, 3.8) is 0 Å². The van der Waals surface area contributed by atoms with Crippen LogP contribution in [0.25, 0.3) is 6.08 Å². The van der Waals surface area contributed by atoms with Crippen LogP contribution in [0, 0.1) is 0 Å². The molecule has 1 spiro atoms. The molecule has 2 saturated heterocycles. The van der Waals surface area contributed by atoms with Gasteiger partial charge in [0.1, 0.15) is 5.60 Å². The number of ether oxygens (including phenoxy) is 1. The first-order valence-electron chi connectivity index (χ1n) is 6.87. The lowest BCUT2D eigenvalue weighted by molar-refractivity contribution is -0.151. The third-order valence-corrected chi connectivity index (χ3v) is 4.81. The molecule has 1 unspecified atom stereocenters. The lowest BCUT2D eigenvalue weighted by Crippen LogP contribution is -2.53. The number of Topliss-reactive ketones (excluding diaryl/α,β-unsaturated/α-hetero) is 1. The summed E-state index contributed by atoms with van der Waals surface area (Å²) in [6.45, 7) is 1.44. The van der Waals surface area contributed by atoms with Gasteiger partial charge in [-0.15, -0.1) is 11.3 Å². The molecule has 1 atom stereocenters. The molecule has 0 saturated carbocycles. The Bertz CT molecular complexity index is 529. The lowest BCUT2D eigenvalue weighted by Gasteiger charge is -2.36. The lowest BCUT2D eigenvalue weighted by atomic mass is 9.87. The summed E-state index contributed by atoms with van der Waals surface area (Å²) in [4.78, 5) is 27.0. The summed E-state index contributed by atoms with van der Waals surface area (Å²) in [6, 6.07) is 3.90. The van der Waals surface area contributed by atoms with Gasteiger partial charge in [0, 0.05) is 30.5 Å². The fraction of sp³-hybridized carbons (Fsp3) is 0.467. The summed E-state index contributed by atoms with van der Waals surface area (Å²) < 4.78 is 5.64. The first-order chi connectivity index (χ1) is 9.70. The Morgan fingerprint density at radius 3 is 3.00 bits per heavy atom. The molecule has 0 aromatic carbocycles. The molecule has 20 heavy (non-hydrogen) atoms. The van der Waals surface area contributed by atoms with Crippen molar-refractivity contribution in [2.75, 3.05) is 19.7 Å². The molecular weight excluding hydrogens is 274 g/mol. The third-order valence-electron chi connectivity index (χ3n) is 3.98. The standard InChI is InChI=1S/C15H17NO3S/c17-13-11-16(8-7-15(13)6-2-9-19-15)14(18)5-4-12-3-1-10-20-12/h1,3-5,10H,2,6-9,11H2/b5-4+. The summed E-state index contributed by atoms with van der Waals surface area (Å²) in [6.07, 6.45) is 5.72. The molecule has 0 aliphatic carbocycles. The quantitative estimate of drug-likeness (QED) is 0.784. The van der Waals surface area contributed by atoms with Crippen LogP contribution in [0.5, 0.6) is 0 Å². The van der Waals surface area contributed by atoms with E-state index in [1.807, 2.05) is 17.5 Å². The van der Waals surface area contributed by atoms with E-state index in [9.17, 15) is 9.59 Å². The van der Waals surface area contributed by atoms with Crippen LogP contribution in [0.4, 0.5) is 0 Å². The highest BCUT2D eigenvalue weighted by Crippen LogP contribution is 2.33. The third kappa shape index (κ3) is 2.55. The molecule has 1 amide bonds. The fourth-order valence-corrected chi connectivity index (χ4v) is 3.42. The van der Waals surface area contributed by atoms with Gasteiger partial charge in [0.05, 0.1) is 6.54 Å². The van der Waals surface area contributed by atoms with E-state index in [4.69, 9.17) is 4.74 Å². The minimum Gasteiger partial charge on any atom is -0.367 e. The zero-order chi connectivity index (χ0) is 14.0. The van der Waals surface area contributed by atoms with E-state index in [0.717, 1.165) is 17.7 Å². The minimum atomic E-state index is -0.589. The normalized spacial score (nSPS) is 26.8. The maximum atomic E-state index is 12.2. The molecule has 3 heterocycles. The van der Waals surface area contributed by atoms with Gasteiger partial charge in [-0.2, -0.15) is 0 Å². The molecule has 5 heteroatoms. The van der Waals surface area contributed by atoms with E-state index < -0.39 is 5.60 Å². The van der Waals surface area contributed by atoms with Crippen LogP contribution in [0.15, 0.2) is 23.6 Å². The molecule has 2 aliphatic heterocycles. The second-order valence-corrected chi connectivity index (χ2v) is 6.21. The number of piperidine rings is 1. The number of thiophene rings is 1. The number of nitrogens with zero attached hydrogens (tertiary/aromatic N) is 1. The number of ketones is 1. The number of carbonyl (C=O) groups excluding carboxylic acids is 2. The highest BCUT2D eigenvalue weighted by atomic mass is 32.1. The molecule has 3 rings (SSSR count). The van der Waals surface area contributed by atoms with Crippen LogP contribution >= 0.6 is 11.3 Å². The van der Waals surface area contributed by atoms with Crippen LogP contribution in [0.3, 0.4) is 0 Å². The first kappa shape index (κ1) is 13.5. The van der Waals surface area contributed by atoms with Crippen LogP contribution in [-0.2, 0) is 14.3 Å². The SMILES string of the molecule is O=C(/C=C/c1cccs1)N1CCC2(CCCO2)C(=O)C1. The Hall–Kier alpha value is -1.46. The van der Waals surface area contributed by atoms with Crippen LogP contribution in [0.1, 0.15) is 24.1 Å². The smallest absolute Gasteiger partial charge is 0.247 e. The van der Waals surface area contributed by atoms with Crippen LogP contribution in [-0.4, -0.2) is 41.9 Å². The Labute approximate surface area is 122 Å². The first-order valence-corrected chi connectivity index (χ1v) is 7.75. The van der Waals surface area contributed by atoms with Crippen molar-refractivity contribution in [1.82, 2.24) is 4.90 Å². The maximum absolute atomic E-state index is 12.2. The molecule has 0 bridgehead atoms. The monoisotopic (exact) mass is 291 g/mol. The van der Waals surface area contributed by atoms with Crippen molar-refractivity contribution in [1.29, 1.82) is 0 Å². The molecule has 1 aromatic rings. The van der Waals surface area contributed by atoms with Gasteiger partial charge in [-0.1, -0.05) is 6.07 Å². The number of carbonyl (C=O) groups is 2. The molecular formula is C15H17NO3S. The molecule has 2 fully saturated rings. The van der Waals surface area contributed by atoms with Crippen molar-refractivity contribution in [2.45, 2.75) is 24.9 Å². The highest BCUT2D eigenvalue weighted by molar-refractivity contribution is 7.10. The Morgan fingerprint density at radius 1 is 1.45 bits per heavy atom. The van der Waals surface area contributed by atoms with Gasteiger partial charge in [0.2, 0.25) is 5.91 Å². The topological polar surface area (TPSA) is 46.6 Å². The van der Waals surface area contributed by atoms with Gasteiger partial charge in [0.15, 0.2) is 5.78 Å². The van der Waals surface area contributed by atoms with E-state index in [1.54, 1.807) is 28.4 Å². The summed E-state index contributed by atoms with van der Waals surface area (Å²) in [5, 5.41) is 1.97. The van der Waals surface area contributed by atoms with E-state index in [-0.39, 0.29) is 18.2 Å². The number of rotatable bonds is 2. The average Bonchev–Trinajstić information content (AvgIpc) is 3.11. The van der Waals surface area contributed by atoms with E-state index >= 15 is 0 Å². The van der Waals surface area contributed by atoms with Crippen molar-refractivity contribution >= 4 is 29.1 Å². The molecule has 2 aliphatic rings. The van der Waals surface area contributed by atoms with Crippen molar-refractivity contribution < 1.29 is 14.3 Å². The van der Waals surface area contributed by atoms with E-state index in [0.29, 0.717) is 19.6 Å². The maximum Gasteiger partial charge on any atom is 0.247 e. The van der Waals surface area contributed by atoms with Crippen molar-refractivity contribution in [3.8, 4) is 0 Å². The van der Waals surface area contributed by atoms with Gasteiger partial charge < -0.3 is 9.64 Å². The summed E-state index contributed by atoms with van der Waals surface area (Å²) in [5.41, 5.74) is -0.589. The Morgan fingerprint density at radius 2 is 2.35 bits per heavy atom.